The molecule has 0 amide bonds. The van der Waals surface area contributed by atoms with E-state index < -0.39 is 0 Å². The lowest BCUT2D eigenvalue weighted by atomic mass is 10.1. The molecule has 0 atom stereocenters. The normalized spacial score (nSPS) is 17.2. The number of hydrogen-bond donors (Lipinski definition) is 1. The number of rotatable bonds is 5. The second-order valence-corrected chi connectivity index (χ2v) is 5.91. The topological polar surface area (TPSA) is 38.5 Å². The second kappa shape index (κ2) is 7.65. The van der Waals surface area contributed by atoms with Gasteiger partial charge in [0.2, 0.25) is 0 Å². The van der Waals surface area contributed by atoms with Crippen molar-refractivity contribution in [3.05, 3.63) is 29.3 Å². The van der Waals surface area contributed by atoms with Crippen LogP contribution in [0.2, 0.25) is 0 Å². The molecule has 0 bridgehead atoms. The molecule has 1 aliphatic carbocycles. The third kappa shape index (κ3) is 3.97. The van der Waals surface area contributed by atoms with E-state index >= 15 is 0 Å². The first-order valence-electron chi connectivity index (χ1n) is 7.80. The molecule has 1 saturated carbocycles. The zero-order valence-electron chi connectivity index (χ0n) is 12.9. The zero-order valence-corrected chi connectivity index (χ0v) is 12.9. The van der Waals surface area contributed by atoms with Crippen LogP contribution in [0.25, 0.3) is 0 Å². The van der Waals surface area contributed by atoms with Crippen LogP contribution in [0.4, 0.5) is 0 Å². The molecule has 0 heterocycles. The predicted molar refractivity (Wildman–Crippen MR) is 83.8 cm³/mol. The standard InChI is InChI=1S/C17H28N2O/c1-19(16-7-5-3-4-6-8-16)13-14-9-10-15(12-18)17(11-14)20-2/h9-11,16H,3-8,12-13,18H2,1-2H3. The molecule has 0 radical (unpaired) electrons. The minimum atomic E-state index is 0.530. The molecule has 1 aromatic rings. The Morgan fingerprint density at radius 2 is 1.90 bits per heavy atom. The molecule has 3 heteroatoms. The number of nitrogens with two attached hydrogens (primary N) is 1. The summed E-state index contributed by atoms with van der Waals surface area (Å²) in [6.07, 6.45) is 8.25. The van der Waals surface area contributed by atoms with Gasteiger partial charge in [0.1, 0.15) is 5.75 Å². The lowest BCUT2D eigenvalue weighted by Gasteiger charge is -2.27. The van der Waals surface area contributed by atoms with Crippen molar-refractivity contribution < 1.29 is 4.74 Å². The lowest BCUT2D eigenvalue weighted by Crippen LogP contribution is -2.30. The van der Waals surface area contributed by atoms with E-state index in [0.717, 1.165) is 23.9 Å². The van der Waals surface area contributed by atoms with Gasteiger partial charge < -0.3 is 10.5 Å². The van der Waals surface area contributed by atoms with E-state index in [0.29, 0.717) is 6.54 Å². The molecule has 0 aromatic heterocycles. The summed E-state index contributed by atoms with van der Waals surface area (Å²) in [6, 6.07) is 7.14. The summed E-state index contributed by atoms with van der Waals surface area (Å²) in [5.41, 5.74) is 8.11. The lowest BCUT2D eigenvalue weighted by molar-refractivity contribution is 0.213. The van der Waals surface area contributed by atoms with Crippen molar-refractivity contribution >= 4 is 0 Å². The minimum absolute atomic E-state index is 0.530. The average molecular weight is 276 g/mol. The van der Waals surface area contributed by atoms with Crippen molar-refractivity contribution in [3.63, 3.8) is 0 Å². The Hall–Kier alpha value is -1.06. The molecule has 1 aromatic carbocycles. The summed E-state index contributed by atoms with van der Waals surface area (Å²) in [6.45, 7) is 1.52. The fraction of sp³-hybridized carbons (Fsp3) is 0.647. The predicted octanol–water partition coefficient (Wildman–Crippen LogP) is 3.31. The number of methoxy groups -OCH3 is 1. The fourth-order valence-corrected chi connectivity index (χ4v) is 3.17. The average Bonchev–Trinajstić information content (AvgIpc) is 2.76. The molecule has 1 aliphatic rings. The van der Waals surface area contributed by atoms with Gasteiger partial charge >= 0.3 is 0 Å². The smallest absolute Gasteiger partial charge is 0.123 e. The molecule has 20 heavy (non-hydrogen) atoms. The first kappa shape index (κ1) is 15.3. The van der Waals surface area contributed by atoms with E-state index in [1.54, 1.807) is 7.11 Å². The zero-order chi connectivity index (χ0) is 14.4. The number of benzene rings is 1. The molecule has 2 rings (SSSR count). The van der Waals surface area contributed by atoms with E-state index in [4.69, 9.17) is 10.5 Å². The van der Waals surface area contributed by atoms with Gasteiger partial charge in [0.15, 0.2) is 0 Å². The van der Waals surface area contributed by atoms with Gasteiger partial charge in [0.25, 0.3) is 0 Å². The van der Waals surface area contributed by atoms with Gasteiger partial charge in [-0.2, -0.15) is 0 Å². The maximum absolute atomic E-state index is 5.72. The Kier molecular flexibility index (Phi) is 5.86. The van der Waals surface area contributed by atoms with Crippen LogP contribution in [0.5, 0.6) is 5.75 Å². The van der Waals surface area contributed by atoms with E-state index in [1.165, 1.54) is 44.1 Å². The van der Waals surface area contributed by atoms with Crippen LogP contribution >= 0.6 is 0 Å². The van der Waals surface area contributed by atoms with Crippen LogP contribution in [-0.4, -0.2) is 25.1 Å². The highest BCUT2D eigenvalue weighted by molar-refractivity contribution is 5.37. The molecule has 0 spiro atoms. The molecule has 0 aliphatic heterocycles. The Bertz CT molecular complexity index is 411. The van der Waals surface area contributed by atoms with E-state index in [9.17, 15) is 0 Å². The number of ether oxygens (including phenoxy) is 1. The summed E-state index contributed by atoms with van der Waals surface area (Å²) >= 11 is 0. The van der Waals surface area contributed by atoms with Gasteiger partial charge in [-0.05, 0) is 31.5 Å². The minimum Gasteiger partial charge on any atom is -0.496 e. The Labute approximate surface area is 123 Å². The summed E-state index contributed by atoms with van der Waals surface area (Å²) in [7, 11) is 3.96. The van der Waals surface area contributed by atoms with Gasteiger partial charge in [0.05, 0.1) is 7.11 Å². The Balaban J connectivity index is 2.01. The van der Waals surface area contributed by atoms with Gasteiger partial charge in [-0.25, -0.2) is 0 Å². The van der Waals surface area contributed by atoms with Gasteiger partial charge in [0, 0.05) is 24.7 Å². The highest BCUT2D eigenvalue weighted by atomic mass is 16.5. The summed E-state index contributed by atoms with van der Waals surface area (Å²) in [4.78, 5) is 2.50. The van der Waals surface area contributed by atoms with Crippen molar-refractivity contribution in [1.82, 2.24) is 4.90 Å². The number of hydrogen-bond acceptors (Lipinski definition) is 3. The van der Waals surface area contributed by atoms with Gasteiger partial charge in [-0.3, -0.25) is 4.90 Å². The van der Waals surface area contributed by atoms with Crippen LogP contribution in [0.1, 0.15) is 49.7 Å². The first-order chi connectivity index (χ1) is 9.74. The van der Waals surface area contributed by atoms with Crippen molar-refractivity contribution in [3.8, 4) is 5.75 Å². The third-order valence-corrected chi connectivity index (χ3v) is 4.45. The van der Waals surface area contributed by atoms with Crippen molar-refractivity contribution in [2.75, 3.05) is 14.2 Å². The maximum atomic E-state index is 5.72. The fourth-order valence-electron chi connectivity index (χ4n) is 3.17. The SMILES string of the molecule is COc1cc(CN(C)C2CCCCCC2)ccc1CN. The summed E-state index contributed by atoms with van der Waals surface area (Å²) in [5, 5.41) is 0. The largest absolute Gasteiger partial charge is 0.496 e. The molecule has 1 fully saturated rings. The number of nitrogens with zero attached hydrogens (tertiary/aromatic N) is 1. The molecular weight excluding hydrogens is 248 g/mol. The molecule has 0 unspecified atom stereocenters. The van der Waals surface area contributed by atoms with E-state index in [1.807, 2.05) is 0 Å². The second-order valence-electron chi connectivity index (χ2n) is 5.91. The third-order valence-electron chi connectivity index (χ3n) is 4.45. The molecule has 0 saturated heterocycles. The van der Waals surface area contributed by atoms with Crippen LogP contribution in [0, 0.1) is 0 Å². The summed E-state index contributed by atoms with van der Waals surface area (Å²) < 4.78 is 5.43. The van der Waals surface area contributed by atoms with Crippen molar-refractivity contribution in [1.29, 1.82) is 0 Å². The van der Waals surface area contributed by atoms with E-state index in [-0.39, 0.29) is 0 Å². The van der Waals surface area contributed by atoms with Crippen LogP contribution < -0.4 is 10.5 Å². The molecule has 3 nitrogen and oxygen atoms in total. The highest BCUT2D eigenvalue weighted by Crippen LogP contribution is 2.24. The quantitative estimate of drug-likeness (QED) is 0.839. The van der Waals surface area contributed by atoms with Crippen molar-refractivity contribution in [2.24, 2.45) is 5.73 Å². The van der Waals surface area contributed by atoms with E-state index in [2.05, 4.69) is 30.1 Å². The summed E-state index contributed by atoms with van der Waals surface area (Å²) in [5.74, 6) is 0.916. The molecule has 2 N–H and O–H groups in total. The molecule has 112 valence electrons. The maximum Gasteiger partial charge on any atom is 0.123 e. The Morgan fingerprint density at radius 1 is 1.20 bits per heavy atom. The van der Waals surface area contributed by atoms with Gasteiger partial charge in [-0.1, -0.05) is 37.8 Å². The van der Waals surface area contributed by atoms with Crippen LogP contribution in [-0.2, 0) is 13.1 Å². The highest BCUT2D eigenvalue weighted by Gasteiger charge is 2.17. The first-order valence-corrected chi connectivity index (χ1v) is 7.80. The monoisotopic (exact) mass is 276 g/mol. The van der Waals surface area contributed by atoms with Crippen LogP contribution in [0.15, 0.2) is 18.2 Å². The Morgan fingerprint density at radius 3 is 2.50 bits per heavy atom. The van der Waals surface area contributed by atoms with Gasteiger partial charge in [-0.15, -0.1) is 0 Å². The van der Waals surface area contributed by atoms with Crippen molar-refractivity contribution in [2.45, 2.75) is 57.7 Å². The van der Waals surface area contributed by atoms with Crippen LogP contribution in [0.3, 0.4) is 0 Å². The molecular formula is C17H28N2O.